The minimum atomic E-state index is -0.991. The maximum Gasteiger partial charge on any atom is 0.461 e. The van der Waals surface area contributed by atoms with Gasteiger partial charge in [-0.15, -0.1) is 11.8 Å². The van der Waals surface area contributed by atoms with Gasteiger partial charge in [-0.1, -0.05) is 26.8 Å². The van der Waals surface area contributed by atoms with Crippen LogP contribution in [0.4, 0.5) is 0 Å². The minimum absolute atomic E-state index is 0.188. The third-order valence-corrected chi connectivity index (χ3v) is 11.6. The predicted molar refractivity (Wildman–Crippen MR) is 137 cm³/mol. The third kappa shape index (κ3) is 3.39. The van der Waals surface area contributed by atoms with E-state index < -0.39 is 5.79 Å². The average molecular weight is 512 g/mol. The van der Waals surface area contributed by atoms with Gasteiger partial charge in [0.05, 0.1) is 24.9 Å². The summed E-state index contributed by atoms with van der Waals surface area (Å²) in [6, 6.07) is 4.25. The van der Waals surface area contributed by atoms with E-state index in [-0.39, 0.29) is 36.5 Å². The summed E-state index contributed by atoms with van der Waals surface area (Å²) in [6.45, 7) is 14.4. The zero-order chi connectivity index (χ0) is 25.2. The third-order valence-electron chi connectivity index (χ3n) is 10.2. The molecule has 7 aliphatic rings. The lowest BCUT2D eigenvalue weighted by molar-refractivity contribution is -0.199. The maximum atomic E-state index is 13.2. The van der Waals surface area contributed by atoms with Crippen molar-refractivity contribution in [3.05, 3.63) is 23.3 Å². The Hall–Kier alpha value is -1.22. The molecule has 3 heterocycles. The summed E-state index contributed by atoms with van der Waals surface area (Å²) in [5.41, 5.74) is 1.80. The number of carbonyl (C=O) groups is 1. The van der Waals surface area contributed by atoms with E-state index in [2.05, 4.69) is 39.8 Å². The molecule has 194 valence electrons. The lowest BCUT2D eigenvalue weighted by atomic mass is 9.43. The SMILES string of the molecule is C[C@H](Sc1ccc([C@H]2C[C@H]2B2O[C@H]3C[C@H]4C[C@H](C4(C)C)[C@]3(C)O2)c2c1C(=O)OC(C)(C)O2)C1COC1. The molecule has 0 radical (unpaired) electrons. The van der Waals surface area contributed by atoms with Gasteiger partial charge >= 0.3 is 13.1 Å². The molecule has 8 heteroatoms. The second-order valence-electron chi connectivity index (χ2n) is 13.2. The fourth-order valence-electron chi connectivity index (χ4n) is 7.59. The normalized spacial score (nSPS) is 40.2. The van der Waals surface area contributed by atoms with Crippen molar-refractivity contribution in [1.29, 1.82) is 0 Å². The van der Waals surface area contributed by atoms with Crippen molar-refractivity contribution in [3.63, 3.8) is 0 Å². The Morgan fingerprint density at radius 1 is 1.06 bits per heavy atom. The lowest BCUT2D eigenvalue weighted by Crippen LogP contribution is -2.65. The largest absolute Gasteiger partial charge is 0.461 e. The monoisotopic (exact) mass is 512 g/mol. The molecule has 6 fully saturated rings. The standard InChI is InChI=1S/C28H37BO6S/c1-14(15-12-31-13-15)36-20-8-7-17(24-23(20)25(30)33-27(4,5)32-24)18-11-19(18)29-34-22-10-16-9-21(26(16,2)3)28(22,6)35-29/h7-8,14-16,18-19,21-22H,9-13H2,1-6H3/t14-,16+,18+,19+,21+,22-,28-/m0/s1. The molecule has 2 bridgehead atoms. The van der Waals surface area contributed by atoms with E-state index in [9.17, 15) is 4.79 Å². The van der Waals surface area contributed by atoms with Crippen LogP contribution in [0.25, 0.3) is 0 Å². The van der Waals surface area contributed by atoms with Crippen molar-refractivity contribution >= 4 is 24.8 Å². The first-order valence-electron chi connectivity index (χ1n) is 13.6. The number of cyclic esters (lactones) is 1. The number of ether oxygens (including phenoxy) is 3. The zero-order valence-corrected chi connectivity index (χ0v) is 23.0. The molecular formula is C28H37BO6S. The average Bonchev–Trinajstić information content (AvgIpc) is 3.44. The molecule has 36 heavy (non-hydrogen) atoms. The second-order valence-corrected chi connectivity index (χ2v) is 14.6. The summed E-state index contributed by atoms with van der Waals surface area (Å²) < 4.78 is 30.8. The highest BCUT2D eigenvalue weighted by Crippen LogP contribution is 2.68. The summed E-state index contributed by atoms with van der Waals surface area (Å²) >= 11 is 1.72. The van der Waals surface area contributed by atoms with Gasteiger partial charge in [-0.2, -0.15) is 0 Å². The zero-order valence-electron chi connectivity index (χ0n) is 22.2. The van der Waals surface area contributed by atoms with E-state index in [0.717, 1.165) is 42.4 Å². The Morgan fingerprint density at radius 2 is 1.83 bits per heavy atom. The predicted octanol–water partition coefficient (Wildman–Crippen LogP) is 5.68. The Balaban J connectivity index is 1.15. The fraction of sp³-hybridized carbons (Fsp3) is 0.750. The molecule has 4 saturated carbocycles. The number of hydrogen-bond donors (Lipinski definition) is 0. The van der Waals surface area contributed by atoms with Crippen LogP contribution < -0.4 is 4.74 Å². The van der Waals surface area contributed by atoms with E-state index in [1.165, 1.54) is 6.42 Å². The quantitative estimate of drug-likeness (QED) is 0.286. The van der Waals surface area contributed by atoms with Gasteiger partial charge in [0.25, 0.3) is 0 Å². The smallest absolute Gasteiger partial charge is 0.452 e. The number of benzene rings is 1. The number of esters is 1. The van der Waals surface area contributed by atoms with Crippen molar-refractivity contribution < 1.29 is 28.3 Å². The van der Waals surface area contributed by atoms with Crippen LogP contribution in [0, 0.1) is 23.2 Å². The Kier molecular flexibility index (Phi) is 5.09. The van der Waals surface area contributed by atoms with Gasteiger partial charge in [0.15, 0.2) is 0 Å². The Bertz CT molecular complexity index is 1120. The van der Waals surface area contributed by atoms with Crippen LogP contribution in [0.1, 0.15) is 82.6 Å². The van der Waals surface area contributed by atoms with E-state index in [4.69, 9.17) is 23.5 Å². The number of fused-ring (bicyclic) bond motifs is 1. The second kappa shape index (κ2) is 7.68. The molecule has 1 aromatic rings. The lowest BCUT2D eigenvalue weighted by Gasteiger charge is -2.64. The highest BCUT2D eigenvalue weighted by molar-refractivity contribution is 8.00. The van der Waals surface area contributed by atoms with Crippen molar-refractivity contribution in [2.24, 2.45) is 23.2 Å². The molecule has 4 aliphatic carbocycles. The molecule has 2 saturated heterocycles. The molecule has 8 rings (SSSR count). The Morgan fingerprint density at radius 3 is 2.53 bits per heavy atom. The van der Waals surface area contributed by atoms with Crippen LogP contribution in [0.3, 0.4) is 0 Å². The van der Waals surface area contributed by atoms with Crippen molar-refractivity contribution in [3.8, 4) is 5.75 Å². The van der Waals surface area contributed by atoms with Crippen LogP contribution in [0.2, 0.25) is 5.82 Å². The van der Waals surface area contributed by atoms with Crippen LogP contribution in [0.15, 0.2) is 17.0 Å². The molecule has 0 spiro atoms. The first-order valence-corrected chi connectivity index (χ1v) is 14.5. The summed E-state index contributed by atoms with van der Waals surface area (Å²) in [7, 11) is -0.188. The van der Waals surface area contributed by atoms with E-state index >= 15 is 0 Å². The van der Waals surface area contributed by atoms with Gasteiger partial charge in [0.2, 0.25) is 5.79 Å². The van der Waals surface area contributed by atoms with Crippen LogP contribution in [-0.4, -0.2) is 49.0 Å². The molecule has 6 nitrogen and oxygen atoms in total. The summed E-state index contributed by atoms with van der Waals surface area (Å²) in [5.74, 6) is 1.75. The van der Waals surface area contributed by atoms with Gasteiger partial charge < -0.3 is 23.5 Å². The van der Waals surface area contributed by atoms with Gasteiger partial charge in [-0.25, -0.2) is 4.79 Å². The summed E-state index contributed by atoms with van der Waals surface area (Å²) in [5, 5.41) is 0.352. The number of thioether (sulfide) groups is 1. The van der Waals surface area contributed by atoms with Crippen LogP contribution in [-0.2, 0) is 18.8 Å². The van der Waals surface area contributed by atoms with Gasteiger partial charge in [0, 0.05) is 35.7 Å². The number of hydrogen-bond acceptors (Lipinski definition) is 7. The van der Waals surface area contributed by atoms with E-state index in [0.29, 0.717) is 33.8 Å². The van der Waals surface area contributed by atoms with Gasteiger partial charge in [-0.05, 0) is 61.0 Å². The minimum Gasteiger partial charge on any atom is -0.452 e. The highest BCUT2D eigenvalue weighted by Gasteiger charge is 2.70. The van der Waals surface area contributed by atoms with Crippen molar-refractivity contribution in [2.45, 2.75) is 100 Å². The fourth-order valence-corrected chi connectivity index (χ4v) is 8.78. The molecular weight excluding hydrogens is 475 g/mol. The van der Waals surface area contributed by atoms with Crippen LogP contribution >= 0.6 is 11.8 Å². The molecule has 0 aromatic heterocycles. The number of carbonyl (C=O) groups excluding carboxylic acids is 1. The molecule has 0 unspecified atom stereocenters. The van der Waals surface area contributed by atoms with Crippen molar-refractivity contribution in [2.75, 3.05) is 13.2 Å². The van der Waals surface area contributed by atoms with Crippen LogP contribution in [0.5, 0.6) is 5.75 Å². The first-order chi connectivity index (χ1) is 17.0. The summed E-state index contributed by atoms with van der Waals surface area (Å²) in [6.07, 6.45) is 3.53. The van der Waals surface area contributed by atoms with Crippen molar-refractivity contribution in [1.82, 2.24) is 0 Å². The first kappa shape index (κ1) is 23.9. The summed E-state index contributed by atoms with van der Waals surface area (Å²) in [4.78, 5) is 14.1. The highest BCUT2D eigenvalue weighted by atomic mass is 32.2. The molecule has 3 aliphatic heterocycles. The number of rotatable bonds is 5. The van der Waals surface area contributed by atoms with Gasteiger partial charge in [0.1, 0.15) is 11.3 Å². The van der Waals surface area contributed by atoms with E-state index in [1.807, 2.05) is 0 Å². The maximum absolute atomic E-state index is 13.2. The van der Waals surface area contributed by atoms with E-state index in [1.54, 1.807) is 25.6 Å². The molecule has 0 N–H and O–H groups in total. The Labute approximate surface area is 218 Å². The molecule has 7 atom stereocenters. The molecule has 1 aromatic carbocycles. The van der Waals surface area contributed by atoms with Gasteiger partial charge in [-0.3, -0.25) is 0 Å². The molecule has 0 amide bonds. The topological polar surface area (TPSA) is 63.2 Å².